The molecule has 0 aromatic carbocycles. The van der Waals surface area contributed by atoms with Gasteiger partial charge in [0.25, 0.3) is 0 Å². The summed E-state index contributed by atoms with van der Waals surface area (Å²) in [5.41, 5.74) is 9.03. The molecule has 1 fully saturated rings. The fourth-order valence-corrected chi connectivity index (χ4v) is 4.34. The number of hydrogen-bond donors (Lipinski definition) is 3. The van der Waals surface area contributed by atoms with Crippen LogP contribution in [0.4, 0.5) is 11.8 Å². The van der Waals surface area contributed by atoms with Crippen LogP contribution in [0.1, 0.15) is 64.0 Å². The normalized spacial score (nSPS) is 19.1. The SMILES string of the molecule is CC(C)n1cnc2c(NCc3cccnc3)nc(NCCC[C@@H]3CCCC[C@@H]3N)nc21. The van der Waals surface area contributed by atoms with Gasteiger partial charge in [0.05, 0.1) is 6.33 Å². The molecule has 0 radical (unpaired) electrons. The number of nitrogens with one attached hydrogen (secondary N) is 2. The monoisotopic (exact) mass is 422 g/mol. The van der Waals surface area contributed by atoms with Crippen LogP contribution in [-0.2, 0) is 6.54 Å². The maximum absolute atomic E-state index is 6.30. The largest absolute Gasteiger partial charge is 0.364 e. The number of hydrogen-bond acceptors (Lipinski definition) is 7. The van der Waals surface area contributed by atoms with E-state index in [4.69, 9.17) is 15.7 Å². The second-order valence-electron chi connectivity index (χ2n) is 8.81. The van der Waals surface area contributed by atoms with Crippen LogP contribution in [0.25, 0.3) is 11.2 Å². The van der Waals surface area contributed by atoms with E-state index >= 15 is 0 Å². The van der Waals surface area contributed by atoms with E-state index < -0.39 is 0 Å². The lowest BCUT2D eigenvalue weighted by Gasteiger charge is -2.28. The topological polar surface area (TPSA) is 107 Å². The number of anilines is 2. The third kappa shape index (κ3) is 5.31. The molecule has 3 heterocycles. The van der Waals surface area contributed by atoms with Gasteiger partial charge in [0.15, 0.2) is 17.0 Å². The fraction of sp³-hybridized carbons (Fsp3) is 0.565. The van der Waals surface area contributed by atoms with E-state index in [1.54, 1.807) is 6.20 Å². The van der Waals surface area contributed by atoms with Crippen molar-refractivity contribution in [2.75, 3.05) is 17.2 Å². The van der Waals surface area contributed by atoms with Gasteiger partial charge >= 0.3 is 0 Å². The molecule has 1 aliphatic carbocycles. The number of nitrogens with two attached hydrogens (primary N) is 1. The lowest BCUT2D eigenvalue weighted by molar-refractivity contribution is 0.288. The molecule has 0 aliphatic heterocycles. The Morgan fingerprint density at radius 2 is 2.06 bits per heavy atom. The van der Waals surface area contributed by atoms with Crippen LogP contribution in [-0.4, -0.2) is 37.1 Å². The molecule has 3 aromatic heterocycles. The first-order valence-corrected chi connectivity index (χ1v) is 11.5. The highest BCUT2D eigenvalue weighted by molar-refractivity contribution is 5.84. The Balaban J connectivity index is 1.46. The Kier molecular flexibility index (Phi) is 6.96. The lowest BCUT2D eigenvalue weighted by Crippen LogP contribution is -2.33. The van der Waals surface area contributed by atoms with Crippen LogP contribution in [0.2, 0.25) is 0 Å². The predicted molar refractivity (Wildman–Crippen MR) is 125 cm³/mol. The zero-order valence-corrected chi connectivity index (χ0v) is 18.6. The Bertz CT molecular complexity index is 968. The molecule has 1 aliphatic rings. The molecule has 4 rings (SSSR count). The second kappa shape index (κ2) is 10.0. The summed E-state index contributed by atoms with van der Waals surface area (Å²) in [5, 5.41) is 6.85. The van der Waals surface area contributed by atoms with Crippen molar-refractivity contribution >= 4 is 22.9 Å². The summed E-state index contributed by atoms with van der Waals surface area (Å²) < 4.78 is 2.08. The molecular weight excluding hydrogens is 388 g/mol. The molecule has 166 valence electrons. The van der Waals surface area contributed by atoms with Crippen molar-refractivity contribution in [1.82, 2.24) is 24.5 Å². The van der Waals surface area contributed by atoms with Gasteiger partial charge in [0.2, 0.25) is 5.95 Å². The molecule has 3 aromatic rings. The molecule has 0 amide bonds. The third-order valence-electron chi connectivity index (χ3n) is 6.16. The highest BCUT2D eigenvalue weighted by Gasteiger charge is 2.21. The van der Waals surface area contributed by atoms with Crippen LogP contribution in [0.5, 0.6) is 0 Å². The molecule has 0 saturated heterocycles. The number of nitrogens with zero attached hydrogens (tertiary/aromatic N) is 5. The van der Waals surface area contributed by atoms with Crippen LogP contribution < -0.4 is 16.4 Å². The summed E-state index contributed by atoms with van der Waals surface area (Å²) in [7, 11) is 0. The van der Waals surface area contributed by atoms with Crippen LogP contribution in [0.3, 0.4) is 0 Å². The second-order valence-corrected chi connectivity index (χ2v) is 8.81. The standard InChI is InChI=1S/C23H34N8/c1-16(2)31-15-28-20-21(27-14-17-7-5-11-25-13-17)29-23(30-22(20)31)26-12-6-9-18-8-3-4-10-19(18)24/h5,7,11,13,15-16,18-19H,3-4,6,8-10,12,14,24H2,1-2H3,(H2,26,27,29,30)/t18-,19-/m0/s1. The average molecular weight is 423 g/mol. The molecule has 0 spiro atoms. The zero-order valence-electron chi connectivity index (χ0n) is 18.6. The van der Waals surface area contributed by atoms with Gasteiger partial charge in [-0.3, -0.25) is 4.98 Å². The third-order valence-corrected chi connectivity index (χ3v) is 6.16. The summed E-state index contributed by atoms with van der Waals surface area (Å²) in [6.45, 7) is 5.74. The summed E-state index contributed by atoms with van der Waals surface area (Å²) in [4.78, 5) is 18.3. The Morgan fingerprint density at radius 1 is 1.19 bits per heavy atom. The van der Waals surface area contributed by atoms with E-state index in [2.05, 4.69) is 39.0 Å². The molecule has 8 nitrogen and oxygen atoms in total. The van der Waals surface area contributed by atoms with E-state index in [0.29, 0.717) is 24.5 Å². The van der Waals surface area contributed by atoms with E-state index in [0.717, 1.165) is 41.9 Å². The summed E-state index contributed by atoms with van der Waals surface area (Å²) in [6.07, 6.45) is 12.7. The fourth-order valence-electron chi connectivity index (χ4n) is 4.34. The molecule has 2 atom stereocenters. The van der Waals surface area contributed by atoms with Crippen molar-refractivity contribution in [3.8, 4) is 0 Å². The summed E-state index contributed by atoms with van der Waals surface area (Å²) >= 11 is 0. The maximum atomic E-state index is 6.30. The summed E-state index contributed by atoms with van der Waals surface area (Å²) in [6, 6.07) is 4.61. The minimum Gasteiger partial charge on any atom is -0.364 e. The number of aromatic nitrogens is 5. The first-order chi connectivity index (χ1) is 15.1. The van der Waals surface area contributed by atoms with Gasteiger partial charge in [0, 0.05) is 37.6 Å². The highest BCUT2D eigenvalue weighted by atomic mass is 15.2. The molecule has 31 heavy (non-hydrogen) atoms. The minimum absolute atomic E-state index is 0.270. The van der Waals surface area contributed by atoms with Gasteiger partial charge in [-0.05, 0) is 57.1 Å². The molecular formula is C23H34N8. The number of fused-ring (bicyclic) bond motifs is 1. The van der Waals surface area contributed by atoms with Crippen molar-refractivity contribution < 1.29 is 0 Å². The predicted octanol–water partition coefficient (Wildman–Crippen LogP) is 4.12. The first kappa shape index (κ1) is 21.5. The molecule has 0 unspecified atom stereocenters. The quantitative estimate of drug-likeness (QED) is 0.445. The minimum atomic E-state index is 0.270. The van der Waals surface area contributed by atoms with Crippen LogP contribution in [0.15, 0.2) is 30.9 Å². The lowest BCUT2D eigenvalue weighted by atomic mass is 9.82. The number of rotatable bonds is 9. The van der Waals surface area contributed by atoms with Crippen molar-refractivity contribution in [3.63, 3.8) is 0 Å². The van der Waals surface area contributed by atoms with E-state index in [9.17, 15) is 0 Å². The van der Waals surface area contributed by atoms with Gasteiger partial charge < -0.3 is 20.9 Å². The van der Waals surface area contributed by atoms with E-state index in [1.807, 2.05) is 24.7 Å². The van der Waals surface area contributed by atoms with Crippen LogP contribution in [0, 0.1) is 5.92 Å². The number of pyridine rings is 1. The van der Waals surface area contributed by atoms with Crippen molar-refractivity contribution in [3.05, 3.63) is 36.4 Å². The average Bonchev–Trinajstić information content (AvgIpc) is 3.21. The smallest absolute Gasteiger partial charge is 0.226 e. The van der Waals surface area contributed by atoms with Gasteiger partial charge in [-0.2, -0.15) is 9.97 Å². The first-order valence-electron chi connectivity index (χ1n) is 11.5. The molecule has 4 N–H and O–H groups in total. The molecule has 8 heteroatoms. The van der Waals surface area contributed by atoms with E-state index in [-0.39, 0.29) is 6.04 Å². The van der Waals surface area contributed by atoms with Gasteiger partial charge in [-0.1, -0.05) is 18.9 Å². The van der Waals surface area contributed by atoms with Crippen molar-refractivity contribution in [2.45, 2.75) is 71.0 Å². The van der Waals surface area contributed by atoms with Gasteiger partial charge in [0.1, 0.15) is 0 Å². The highest BCUT2D eigenvalue weighted by Crippen LogP contribution is 2.27. The maximum Gasteiger partial charge on any atom is 0.226 e. The van der Waals surface area contributed by atoms with E-state index in [1.165, 1.54) is 25.7 Å². The van der Waals surface area contributed by atoms with Crippen LogP contribution >= 0.6 is 0 Å². The van der Waals surface area contributed by atoms with Gasteiger partial charge in [-0.25, -0.2) is 4.98 Å². The zero-order chi connectivity index (χ0) is 21.6. The Hall–Kier alpha value is -2.74. The molecule has 0 bridgehead atoms. The van der Waals surface area contributed by atoms with Crippen molar-refractivity contribution in [1.29, 1.82) is 0 Å². The Morgan fingerprint density at radius 3 is 2.84 bits per heavy atom. The summed E-state index contributed by atoms with van der Waals surface area (Å²) in [5.74, 6) is 2.03. The Labute approximate surface area is 184 Å². The van der Waals surface area contributed by atoms with Gasteiger partial charge in [-0.15, -0.1) is 0 Å². The molecule has 1 saturated carbocycles. The number of imidazole rings is 1. The van der Waals surface area contributed by atoms with Crippen molar-refractivity contribution in [2.24, 2.45) is 11.7 Å².